The van der Waals surface area contributed by atoms with Crippen LogP contribution in [0.4, 0.5) is 10.5 Å². The first kappa shape index (κ1) is 24.9. The number of hydrogen-bond donors (Lipinski definition) is 1. The number of fused-ring (bicyclic) bond motifs is 3. The average Bonchev–Trinajstić information content (AvgIpc) is 3.17. The molecule has 2 aromatic carbocycles. The van der Waals surface area contributed by atoms with Crippen LogP contribution in [-0.4, -0.2) is 23.4 Å². The molecule has 1 amide bonds. The third-order valence-corrected chi connectivity index (χ3v) is 9.79. The Hall–Kier alpha value is -3.46. The van der Waals surface area contributed by atoms with E-state index < -0.39 is 6.09 Å². The molecule has 6 nitrogen and oxygen atoms in total. The summed E-state index contributed by atoms with van der Waals surface area (Å²) in [5.41, 5.74) is 4.68. The van der Waals surface area contributed by atoms with Crippen LogP contribution in [0.1, 0.15) is 71.4 Å². The molecule has 0 spiro atoms. The van der Waals surface area contributed by atoms with Crippen molar-refractivity contribution in [2.75, 3.05) is 11.9 Å². The number of nitriles is 1. The number of benzene rings is 2. The highest BCUT2D eigenvalue weighted by Crippen LogP contribution is 2.61. The standard InChI is InChI=1S/C32H37N3O3/c1-5-37-24-13-14-25-26(18-33)30(35(28(25)17-24)23-7-6-8-23)20-9-11-22(12-10-20)34-31(36)38-29-16-21-15-27(19(29)2)32(21,3)4/h9-14,17,19,21,23,27,29H,5-8,15-16H2,1-4H3,(H,34,36). The first-order chi connectivity index (χ1) is 18.3. The van der Waals surface area contributed by atoms with Gasteiger partial charge in [0.25, 0.3) is 0 Å². The third kappa shape index (κ3) is 3.95. The zero-order chi connectivity index (χ0) is 26.6. The largest absolute Gasteiger partial charge is 0.494 e. The van der Waals surface area contributed by atoms with Gasteiger partial charge in [0.15, 0.2) is 0 Å². The van der Waals surface area contributed by atoms with E-state index in [1.54, 1.807) is 0 Å². The molecule has 198 valence electrons. The number of rotatable bonds is 6. The minimum atomic E-state index is -0.390. The van der Waals surface area contributed by atoms with E-state index >= 15 is 0 Å². The normalized spacial score (nSPS) is 25.7. The summed E-state index contributed by atoms with van der Waals surface area (Å²) >= 11 is 0. The van der Waals surface area contributed by atoms with E-state index in [2.05, 4.69) is 42.8 Å². The van der Waals surface area contributed by atoms with Gasteiger partial charge in [-0.05, 0) is 92.0 Å². The summed E-state index contributed by atoms with van der Waals surface area (Å²) in [7, 11) is 0. The second-order valence-electron chi connectivity index (χ2n) is 12.0. The van der Waals surface area contributed by atoms with Crippen LogP contribution < -0.4 is 10.1 Å². The van der Waals surface area contributed by atoms with E-state index in [0.717, 1.165) is 47.2 Å². The average molecular weight is 512 g/mol. The zero-order valence-corrected chi connectivity index (χ0v) is 22.8. The van der Waals surface area contributed by atoms with Gasteiger partial charge in [-0.2, -0.15) is 5.26 Å². The van der Waals surface area contributed by atoms with E-state index in [-0.39, 0.29) is 6.10 Å². The lowest BCUT2D eigenvalue weighted by Crippen LogP contribution is -2.57. The highest BCUT2D eigenvalue weighted by Gasteiger charge is 2.57. The van der Waals surface area contributed by atoms with Crippen LogP contribution in [0.25, 0.3) is 22.2 Å². The Morgan fingerprint density at radius 2 is 1.92 bits per heavy atom. The third-order valence-electron chi connectivity index (χ3n) is 9.79. The number of amides is 1. The van der Waals surface area contributed by atoms with Crippen LogP contribution in [0.3, 0.4) is 0 Å². The van der Waals surface area contributed by atoms with E-state index in [9.17, 15) is 10.1 Å². The van der Waals surface area contributed by atoms with Crippen molar-refractivity contribution in [1.82, 2.24) is 4.57 Å². The van der Waals surface area contributed by atoms with E-state index in [0.29, 0.717) is 47.1 Å². The molecule has 0 radical (unpaired) electrons. The molecule has 2 bridgehead atoms. The number of nitrogens with zero attached hydrogens (tertiary/aromatic N) is 2. The molecular weight excluding hydrogens is 474 g/mol. The molecule has 6 heteroatoms. The predicted octanol–water partition coefficient (Wildman–Crippen LogP) is 7.92. The van der Waals surface area contributed by atoms with Gasteiger partial charge in [0.1, 0.15) is 17.9 Å². The fourth-order valence-corrected chi connectivity index (χ4v) is 7.22. The fraction of sp³-hybridized carbons (Fsp3) is 0.500. The Labute approximate surface area is 224 Å². The van der Waals surface area contributed by atoms with Gasteiger partial charge in [0, 0.05) is 23.2 Å². The summed E-state index contributed by atoms with van der Waals surface area (Å²) in [6, 6.07) is 16.6. The number of carbonyl (C=O) groups is 1. The molecule has 1 N–H and O–H groups in total. The summed E-state index contributed by atoms with van der Waals surface area (Å²) in [5.74, 6) is 2.46. The second kappa shape index (κ2) is 9.38. The molecule has 7 rings (SSSR count). The number of nitrogens with one attached hydrogen (secondary N) is 1. The van der Waals surface area contributed by atoms with Crippen molar-refractivity contribution in [3.05, 3.63) is 48.0 Å². The van der Waals surface area contributed by atoms with Crippen LogP contribution in [-0.2, 0) is 4.74 Å². The van der Waals surface area contributed by atoms with Crippen molar-refractivity contribution in [3.63, 3.8) is 0 Å². The quantitative estimate of drug-likeness (QED) is 0.365. The Morgan fingerprint density at radius 3 is 2.53 bits per heavy atom. The smallest absolute Gasteiger partial charge is 0.411 e. The highest BCUT2D eigenvalue weighted by molar-refractivity contribution is 5.96. The molecule has 4 aliphatic carbocycles. The molecule has 38 heavy (non-hydrogen) atoms. The Kier molecular flexibility index (Phi) is 6.13. The molecule has 0 aliphatic heterocycles. The van der Waals surface area contributed by atoms with E-state index in [4.69, 9.17) is 9.47 Å². The molecular formula is C32H37N3O3. The molecule has 4 atom stereocenters. The Morgan fingerprint density at radius 1 is 1.16 bits per heavy atom. The first-order valence-corrected chi connectivity index (χ1v) is 14.1. The zero-order valence-electron chi connectivity index (χ0n) is 22.8. The van der Waals surface area contributed by atoms with Crippen molar-refractivity contribution in [1.29, 1.82) is 5.26 Å². The van der Waals surface area contributed by atoms with Gasteiger partial charge in [-0.3, -0.25) is 5.32 Å². The van der Waals surface area contributed by atoms with Gasteiger partial charge in [-0.25, -0.2) is 4.79 Å². The Bertz CT molecular complexity index is 1410. The second-order valence-corrected chi connectivity index (χ2v) is 12.0. The van der Waals surface area contributed by atoms with Crippen molar-refractivity contribution in [2.45, 2.75) is 71.9 Å². The van der Waals surface area contributed by atoms with Gasteiger partial charge < -0.3 is 14.0 Å². The number of anilines is 1. The highest BCUT2D eigenvalue weighted by atomic mass is 16.6. The molecule has 4 saturated carbocycles. The SMILES string of the molecule is CCOc1ccc2c(C#N)c(-c3ccc(NC(=O)OC4CC5CC(C4C)C5(C)C)cc3)n(C3CCC3)c2c1. The number of ether oxygens (including phenoxy) is 2. The van der Waals surface area contributed by atoms with E-state index in [1.165, 1.54) is 12.8 Å². The van der Waals surface area contributed by atoms with Crippen LogP contribution in [0.5, 0.6) is 5.75 Å². The van der Waals surface area contributed by atoms with Gasteiger partial charge in [-0.15, -0.1) is 0 Å². The summed E-state index contributed by atoms with van der Waals surface area (Å²) in [6.07, 6.45) is 5.19. The lowest BCUT2D eigenvalue weighted by molar-refractivity contribution is -0.153. The minimum absolute atomic E-state index is 0.0241. The van der Waals surface area contributed by atoms with Crippen LogP contribution in [0.15, 0.2) is 42.5 Å². The van der Waals surface area contributed by atoms with Gasteiger partial charge in [-0.1, -0.05) is 32.9 Å². The Balaban J connectivity index is 1.24. The maximum absolute atomic E-state index is 12.8. The lowest BCUT2D eigenvalue weighted by Gasteiger charge is -2.61. The van der Waals surface area contributed by atoms with Crippen molar-refractivity contribution in [3.8, 4) is 23.1 Å². The maximum Gasteiger partial charge on any atom is 0.411 e. The van der Waals surface area contributed by atoms with Crippen LogP contribution in [0, 0.1) is 34.5 Å². The minimum Gasteiger partial charge on any atom is -0.494 e. The topological polar surface area (TPSA) is 76.3 Å². The summed E-state index contributed by atoms with van der Waals surface area (Å²) in [4.78, 5) is 12.8. The van der Waals surface area contributed by atoms with Crippen molar-refractivity contribution in [2.24, 2.45) is 23.2 Å². The summed E-state index contributed by atoms with van der Waals surface area (Å²) in [6.45, 7) is 9.50. The molecule has 4 unspecified atom stereocenters. The maximum atomic E-state index is 12.8. The molecule has 1 aromatic heterocycles. The summed E-state index contributed by atoms with van der Waals surface area (Å²) in [5, 5.41) is 14.0. The number of hydrogen-bond acceptors (Lipinski definition) is 4. The molecule has 4 fully saturated rings. The van der Waals surface area contributed by atoms with Crippen molar-refractivity contribution < 1.29 is 14.3 Å². The monoisotopic (exact) mass is 511 g/mol. The number of aromatic nitrogens is 1. The van der Waals surface area contributed by atoms with Gasteiger partial charge in [0.05, 0.1) is 23.4 Å². The molecule has 4 aliphatic rings. The molecule has 3 aromatic rings. The van der Waals surface area contributed by atoms with E-state index in [1.807, 2.05) is 43.3 Å². The molecule has 1 heterocycles. The fourth-order valence-electron chi connectivity index (χ4n) is 7.22. The summed E-state index contributed by atoms with van der Waals surface area (Å²) < 4.78 is 14.0. The first-order valence-electron chi connectivity index (χ1n) is 14.1. The van der Waals surface area contributed by atoms with Crippen molar-refractivity contribution >= 4 is 22.7 Å². The molecule has 0 saturated heterocycles. The predicted molar refractivity (Wildman–Crippen MR) is 149 cm³/mol. The van der Waals surface area contributed by atoms with Crippen LogP contribution >= 0.6 is 0 Å². The number of carbonyl (C=O) groups excluding carboxylic acids is 1. The lowest BCUT2D eigenvalue weighted by atomic mass is 9.45. The van der Waals surface area contributed by atoms with Gasteiger partial charge >= 0.3 is 6.09 Å². The van der Waals surface area contributed by atoms with Crippen LogP contribution in [0.2, 0.25) is 0 Å². The van der Waals surface area contributed by atoms with Gasteiger partial charge in [0.2, 0.25) is 0 Å².